The van der Waals surface area contributed by atoms with Gasteiger partial charge in [0.25, 0.3) is 0 Å². The van der Waals surface area contributed by atoms with Gasteiger partial charge in [-0.3, -0.25) is 9.59 Å². The zero-order valence-corrected chi connectivity index (χ0v) is 11.6. The lowest BCUT2D eigenvalue weighted by molar-refractivity contribution is -0.128. The number of benzene rings is 1. The average molecular weight is 298 g/mol. The van der Waals surface area contributed by atoms with Gasteiger partial charge in [-0.05, 0) is 12.1 Å². The lowest BCUT2D eigenvalue weighted by atomic mass is 10.1. The molecule has 1 aliphatic rings. The van der Waals surface area contributed by atoms with E-state index < -0.39 is 17.6 Å². The Morgan fingerprint density at radius 3 is 2.86 bits per heavy atom. The number of nitrogens with zero attached hydrogens (tertiary/aromatic N) is 1. The number of halogens is 2. The Bertz CT molecular complexity index is 551. The maximum atomic E-state index is 13.1. The Balaban J connectivity index is 1.95. The summed E-state index contributed by atoms with van der Waals surface area (Å²) in [4.78, 5) is 25.3. The summed E-state index contributed by atoms with van der Waals surface area (Å²) in [5, 5.41) is 2.49. The monoisotopic (exact) mass is 298 g/mol. The van der Waals surface area contributed by atoms with E-state index in [0.29, 0.717) is 19.7 Å². The summed E-state index contributed by atoms with van der Waals surface area (Å²) in [5.41, 5.74) is 0.168. The molecule has 0 saturated carbocycles. The highest BCUT2D eigenvalue weighted by molar-refractivity contribution is 5.97. The molecular weight excluding hydrogens is 282 g/mol. The van der Waals surface area contributed by atoms with E-state index in [2.05, 4.69) is 5.32 Å². The zero-order valence-electron chi connectivity index (χ0n) is 11.6. The standard InChI is InChI=1S/C14H16F2N2O3/c1-21-5-4-18-8-9(6-13(18)19)14(20)17-10-2-3-11(15)12(16)7-10/h2-3,7,9H,4-6,8H2,1H3,(H,17,20). The van der Waals surface area contributed by atoms with Crippen LogP contribution in [-0.2, 0) is 14.3 Å². The van der Waals surface area contributed by atoms with Gasteiger partial charge in [0.2, 0.25) is 11.8 Å². The smallest absolute Gasteiger partial charge is 0.229 e. The predicted molar refractivity (Wildman–Crippen MR) is 71.6 cm³/mol. The van der Waals surface area contributed by atoms with Crippen LogP contribution >= 0.6 is 0 Å². The first-order chi connectivity index (χ1) is 10.0. The molecule has 1 aromatic rings. The maximum absolute atomic E-state index is 13.1. The van der Waals surface area contributed by atoms with Crippen LogP contribution in [0.5, 0.6) is 0 Å². The molecule has 1 N–H and O–H groups in total. The van der Waals surface area contributed by atoms with Crippen molar-refractivity contribution in [3.63, 3.8) is 0 Å². The van der Waals surface area contributed by atoms with Gasteiger partial charge in [-0.1, -0.05) is 0 Å². The molecule has 21 heavy (non-hydrogen) atoms. The molecule has 2 rings (SSSR count). The SMILES string of the molecule is COCCN1CC(C(=O)Nc2ccc(F)c(F)c2)CC1=O. The van der Waals surface area contributed by atoms with Gasteiger partial charge in [-0.25, -0.2) is 8.78 Å². The number of hydrogen-bond acceptors (Lipinski definition) is 3. The van der Waals surface area contributed by atoms with Crippen molar-refractivity contribution in [2.75, 3.05) is 32.1 Å². The van der Waals surface area contributed by atoms with Gasteiger partial charge in [0.15, 0.2) is 11.6 Å². The first-order valence-corrected chi connectivity index (χ1v) is 6.54. The van der Waals surface area contributed by atoms with Crippen LogP contribution in [0.1, 0.15) is 6.42 Å². The highest BCUT2D eigenvalue weighted by Crippen LogP contribution is 2.20. The molecule has 114 valence electrons. The van der Waals surface area contributed by atoms with Crippen LogP contribution < -0.4 is 5.32 Å². The minimum absolute atomic E-state index is 0.110. The van der Waals surface area contributed by atoms with Gasteiger partial charge < -0.3 is 15.0 Å². The number of anilines is 1. The van der Waals surface area contributed by atoms with Crippen molar-refractivity contribution in [2.45, 2.75) is 6.42 Å². The number of likely N-dealkylation sites (tertiary alicyclic amines) is 1. The molecule has 0 aromatic heterocycles. The van der Waals surface area contributed by atoms with Crippen molar-refractivity contribution >= 4 is 17.5 Å². The molecular formula is C14H16F2N2O3. The van der Waals surface area contributed by atoms with E-state index in [0.717, 1.165) is 12.1 Å². The predicted octanol–water partition coefficient (Wildman–Crippen LogP) is 1.40. The minimum atomic E-state index is -1.03. The second kappa shape index (κ2) is 6.62. The molecule has 2 amide bonds. The number of methoxy groups -OCH3 is 1. The summed E-state index contributed by atoms with van der Waals surface area (Å²) in [6, 6.07) is 3.12. The van der Waals surface area contributed by atoms with Crippen LogP contribution in [-0.4, -0.2) is 43.5 Å². The lowest BCUT2D eigenvalue weighted by Gasteiger charge is -2.15. The molecule has 0 bridgehead atoms. The second-order valence-corrected chi connectivity index (χ2v) is 4.85. The third kappa shape index (κ3) is 3.75. The summed E-state index contributed by atoms with van der Waals surface area (Å²) in [6.07, 6.45) is 0.110. The summed E-state index contributed by atoms with van der Waals surface area (Å²) >= 11 is 0. The maximum Gasteiger partial charge on any atom is 0.229 e. The van der Waals surface area contributed by atoms with Crippen molar-refractivity contribution in [1.29, 1.82) is 0 Å². The Morgan fingerprint density at radius 2 is 2.19 bits per heavy atom. The molecule has 0 spiro atoms. The van der Waals surface area contributed by atoms with E-state index in [9.17, 15) is 18.4 Å². The average Bonchev–Trinajstić information content (AvgIpc) is 2.82. The molecule has 0 aliphatic carbocycles. The van der Waals surface area contributed by atoms with E-state index in [1.165, 1.54) is 13.2 Å². The van der Waals surface area contributed by atoms with Crippen LogP contribution in [0.2, 0.25) is 0 Å². The Morgan fingerprint density at radius 1 is 1.43 bits per heavy atom. The summed E-state index contributed by atoms with van der Waals surface area (Å²) in [5.74, 6) is -3.00. The van der Waals surface area contributed by atoms with E-state index in [4.69, 9.17) is 4.74 Å². The van der Waals surface area contributed by atoms with E-state index in [-0.39, 0.29) is 23.9 Å². The lowest BCUT2D eigenvalue weighted by Crippen LogP contribution is -2.30. The number of carbonyl (C=O) groups excluding carboxylic acids is 2. The van der Waals surface area contributed by atoms with Crippen molar-refractivity contribution in [3.8, 4) is 0 Å². The van der Waals surface area contributed by atoms with Gasteiger partial charge >= 0.3 is 0 Å². The largest absolute Gasteiger partial charge is 0.383 e. The van der Waals surface area contributed by atoms with Crippen molar-refractivity contribution in [3.05, 3.63) is 29.8 Å². The van der Waals surface area contributed by atoms with Crippen molar-refractivity contribution < 1.29 is 23.1 Å². The van der Waals surface area contributed by atoms with Gasteiger partial charge in [0.05, 0.1) is 12.5 Å². The van der Waals surface area contributed by atoms with Crippen LogP contribution in [0.4, 0.5) is 14.5 Å². The van der Waals surface area contributed by atoms with Gasteiger partial charge in [-0.15, -0.1) is 0 Å². The fourth-order valence-corrected chi connectivity index (χ4v) is 2.18. The number of ether oxygens (including phenoxy) is 1. The van der Waals surface area contributed by atoms with Crippen LogP contribution in [0.25, 0.3) is 0 Å². The molecule has 1 aliphatic heterocycles. The fourth-order valence-electron chi connectivity index (χ4n) is 2.18. The number of rotatable bonds is 5. The third-order valence-electron chi connectivity index (χ3n) is 3.34. The first kappa shape index (κ1) is 15.4. The summed E-state index contributed by atoms with van der Waals surface area (Å²) < 4.78 is 30.8. The number of hydrogen-bond donors (Lipinski definition) is 1. The molecule has 1 fully saturated rings. The zero-order chi connectivity index (χ0) is 15.4. The minimum Gasteiger partial charge on any atom is -0.383 e. The quantitative estimate of drug-likeness (QED) is 0.894. The van der Waals surface area contributed by atoms with Crippen LogP contribution in [0.3, 0.4) is 0 Å². The molecule has 1 atom stereocenters. The number of carbonyl (C=O) groups is 2. The Kier molecular flexibility index (Phi) is 4.85. The van der Waals surface area contributed by atoms with Crippen LogP contribution in [0, 0.1) is 17.6 Å². The second-order valence-electron chi connectivity index (χ2n) is 4.85. The Hall–Kier alpha value is -2.02. The highest BCUT2D eigenvalue weighted by Gasteiger charge is 2.34. The van der Waals surface area contributed by atoms with E-state index in [1.54, 1.807) is 4.90 Å². The van der Waals surface area contributed by atoms with Crippen LogP contribution in [0.15, 0.2) is 18.2 Å². The summed E-state index contributed by atoms with van der Waals surface area (Å²) in [6.45, 7) is 1.14. The molecule has 5 nitrogen and oxygen atoms in total. The number of nitrogens with one attached hydrogen (secondary N) is 1. The van der Waals surface area contributed by atoms with Gasteiger partial charge in [-0.2, -0.15) is 0 Å². The van der Waals surface area contributed by atoms with Crippen molar-refractivity contribution in [2.24, 2.45) is 5.92 Å². The molecule has 0 radical (unpaired) electrons. The fraction of sp³-hybridized carbons (Fsp3) is 0.429. The summed E-state index contributed by atoms with van der Waals surface area (Å²) in [7, 11) is 1.54. The van der Waals surface area contributed by atoms with Crippen molar-refractivity contribution in [1.82, 2.24) is 4.90 Å². The van der Waals surface area contributed by atoms with E-state index in [1.807, 2.05) is 0 Å². The van der Waals surface area contributed by atoms with Gasteiger partial charge in [0, 0.05) is 38.4 Å². The molecule has 1 aromatic carbocycles. The molecule has 1 heterocycles. The molecule has 7 heteroatoms. The molecule has 1 unspecified atom stereocenters. The van der Waals surface area contributed by atoms with Gasteiger partial charge in [0.1, 0.15) is 0 Å². The third-order valence-corrected chi connectivity index (χ3v) is 3.34. The first-order valence-electron chi connectivity index (χ1n) is 6.54. The van der Waals surface area contributed by atoms with E-state index >= 15 is 0 Å². The molecule has 1 saturated heterocycles. The Labute approximate surface area is 120 Å². The highest BCUT2D eigenvalue weighted by atomic mass is 19.2. The number of amides is 2. The topological polar surface area (TPSA) is 58.6 Å². The normalized spacial score (nSPS) is 18.1.